The average Bonchev–Trinajstić information content (AvgIpc) is 2.81. The third kappa shape index (κ3) is 2.66. The lowest BCUT2D eigenvalue weighted by Crippen LogP contribution is -2.19. The summed E-state index contributed by atoms with van der Waals surface area (Å²) in [6, 6.07) is 1.61. The van der Waals surface area contributed by atoms with Gasteiger partial charge in [0.15, 0.2) is 0 Å². The van der Waals surface area contributed by atoms with E-state index in [1.54, 1.807) is 12.3 Å². The number of pyridine rings is 1. The molecule has 0 saturated carbocycles. The Labute approximate surface area is 116 Å². The van der Waals surface area contributed by atoms with Gasteiger partial charge in [0.25, 0.3) is 0 Å². The zero-order chi connectivity index (χ0) is 13.1. The van der Waals surface area contributed by atoms with E-state index in [0.29, 0.717) is 10.0 Å². The van der Waals surface area contributed by atoms with Gasteiger partial charge in [-0.25, -0.2) is 0 Å². The highest BCUT2D eigenvalue weighted by Gasteiger charge is 2.18. The maximum atomic E-state index is 6.18. The first-order chi connectivity index (χ1) is 8.65. The van der Waals surface area contributed by atoms with Crippen molar-refractivity contribution in [3.8, 4) is 0 Å². The van der Waals surface area contributed by atoms with Gasteiger partial charge in [-0.1, -0.05) is 23.2 Å². The zero-order valence-corrected chi connectivity index (χ0v) is 11.7. The summed E-state index contributed by atoms with van der Waals surface area (Å²) in [5.74, 6) is 0. The van der Waals surface area contributed by atoms with E-state index >= 15 is 0 Å². The molecule has 0 aromatic carbocycles. The van der Waals surface area contributed by atoms with E-state index in [1.807, 2.05) is 31.0 Å². The minimum absolute atomic E-state index is 0.0879. The smallest absolute Gasteiger partial charge is 0.0806 e. The second-order valence-corrected chi connectivity index (χ2v) is 4.72. The fourth-order valence-corrected chi connectivity index (χ4v) is 2.29. The SMILES string of the molecule is CCn1cc(C(NC)c2ncc(Cl)cc2Cl)cn1. The van der Waals surface area contributed by atoms with Gasteiger partial charge in [0.1, 0.15) is 0 Å². The van der Waals surface area contributed by atoms with E-state index in [2.05, 4.69) is 15.4 Å². The van der Waals surface area contributed by atoms with Crippen LogP contribution in [0.3, 0.4) is 0 Å². The second kappa shape index (κ2) is 5.69. The number of aromatic nitrogens is 3. The standard InChI is InChI=1S/C12H14Cl2N4/c1-3-18-7-8(5-17-18)11(15-2)12-10(14)4-9(13)6-16-12/h4-7,11,15H,3H2,1-2H3. The third-order valence-electron chi connectivity index (χ3n) is 2.71. The lowest BCUT2D eigenvalue weighted by molar-refractivity contribution is 0.649. The predicted octanol–water partition coefficient (Wildman–Crippen LogP) is 2.91. The Hall–Kier alpha value is -1.10. The largest absolute Gasteiger partial charge is 0.308 e. The van der Waals surface area contributed by atoms with Crippen molar-refractivity contribution in [3.05, 3.63) is 46.0 Å². The highest BCUT2D eigenvalue weighted by Crippen LogP contribution is 2.27. The molecule has 2 aromatic rings. The molecule has 0 aliphatic rings. The molecule has 0 amide bonds. The molecule has 0 aliphatic heterocycles. The van der Waals surface area contributed by atoms with Crippen LogP contribution in [0.2, 0.25) is 10.0 Å². The Morgan fingerprint density at radius 1 is 1.39 bits per heavy atom. The number of aryl methyl sites for hydroxylation is 1. The minimum Gasteiger partial charge on any atom is -0.308 e. The molecule has 1 N–H and O–H groups in total. The van der Waals surface area contributed by atoms with Crippen molar-refractivity contribution in [2.24, 2.45) is 0 Å². The van der Waals surface area contributed by atoms with Gasteiger partial charge in [0, 0.05) is 24.5 Å². The summed E-state index contributed by atoms with van der Waals surface area (Å²) in [7, 11) is 1.86. The Morgan fingerprint density at radius 2 is 2.17 bits per heavy atom. The van der Waals surface area contributed by atoms with Crippen molar-refractivity contribution >= 4 is 23.2 Å². The Morgan fingerprint density at radius 3 is 2.72 bits per heavy atom. The summed E-state index contributed by atoms with van der Waals surface area (Å²) in [5, 5.41) is 8.52. The lowest BCUT2D eigenvalue weighted by atomic mass is 10.1. The molecule has 0 bridgehead atoms. The van der Waals surface area contributed by atoms with Crippen LogP contribution < -0.4 is 5.32 Å². The van der Waals surface area contributed by atoms with Gasteiger partial charge < -0.3 is 5.32 Å². The molecule has 4 nitrogen and oxygen atoms in total. The molecule has 0 saturated heterocycles. The lowest BCUT2D eigenvalue weighted by Gasteiger charge is -2.15. The quantitative estimate of drug-likeness (QED) is 0.939. The van der Waals surface area contributed by atoms with Crippen LogP contribution in [-0.4, -0.2) is 21.8 Å². The number of hydrogen-bond donors (Lipinski definition) is 1. The van der Waals surface area contributed by atoms with Crippen LogP contribution >= 0.6 is 23.2 Å². The van der Waals surface area contributed by atoms with E-state index in [-0.39, 0.29) is 6.04 Å². The molecule has 6 heteroatoms. The van der Waals surface area contributed by atoms with E-state index in [0.717, 1.165) is 17.8 Å². The Bertz CT molecular complexity index is 539. The molecule has 0 fully saturated rings. The molecule has 2 aromatic heterocycles. The van der Waals surface area contributed by atoms with Crippen LogP contribution in [-0.2, 0) is 6.54 Å². The van der Waals surface area contributed by atoms with E-state index in [1.165, 1.54) is 0 Å². The molecule has 0 radical (unpaired) electrons. The molecular formula is C12H14Cl2N4. The number of hydrogen-bond acceptors (Lipinski definition) is 3. The summed E-state index contributed by atoms with van der Waals surface area (Å²) in [6.45, 7) is 2.87. The van der Waals surface area contributed by atoms with E-state index < -0.39 is 0 Å². The van der Waals surface area contributed by atoms with Gasteiger partial charge in [-0.05, 0) is 20.0 Å². The number of nitrogens with zero attached hydrogens (tertiary/aromatic N) is 3. The first-order valence-corrected chi connectivity index (χ1v) is 6.41. The highest BCUT2D eigenvalue weighted by atomic mass is 35.5. The van der Waals surface area contributed by atoms with Crippen molar-refractivity contribution in [1.29, 1.82) is 0 Å². The Kier molecular flexibility index (Phi) is 4.22. The van der Waals surface area contributed by atoms with Crippen molar-refractivity contribution in [2.75, 3.05) is 7.05 Å². The first-order valence-electron chi connectivity index (χ1n) is 5.66. The number of rotatable bonds is 4. The molecule has 0 aliphatic carbocycles. The molecule has 1 unspecified atom stereocenters. The van der Waals surface area contributed by atoms with Crippen molar-refractivity contribution in [1.82, 2.24) is 20.1 Å². The predicted molar refractivity (Wildman–Crippen MR) is 73.1 cm³/mol. The molecule has 18 heavy (non-hydrogen) atoms. The van der Waals surface area contributed by atoms with Gasteiger partial charge in [-0.15, -0.1) is 0 Å². The van der Waals surface area contributed by atoms with Crippen molar-refractivity contribution < 1.29 is 0 Å². The molecule has 96 valence electrons. The van der Waals surface area contributed by atoms with Crippen LogP contribution in [0, 0.1) is 0 Å². The van der Waals surface area contributed by atoms with Crippen molar-refractivity contribution in [3.63, 3.8) is 0 Å². The zero-order valence-electron chi connectivity index (χ0n) is 10.2. The van der Waals surface area contributed by atoms with Crippen LogP contribution in [0.15, 0.2) is 24.7 Å². The summed E-state index contributed by atoms with van der Waals surface area (Å²) in [4.78, 5) is 4.30. The number of nitrogens with one attached hydrogen (secondary N) is 1. The molecular weight excluding hydrogens is 271 g/mol. The summed E-state index contributed by atoms with van der Waals surface area (Å²) < 4.78 is 1.86. The van der Waals surface area contributed by atoms with Gasteiger partial charge in [0.2, 0.25) is 0 Å². The van der Waals surface area contributed by atoms with Gasteiger partial charge in [-0.2, -0.15) is 5.10 Å². The summed E-state index contributed by atoms with van der Waals surface area (Å²) in [5.41, 5.74) is 1.77. The maximum absolute atomic E-state index is 6.18. The monoisotopic (exact) mass is 284 g/mol. The fraction of sp³-hybridized carbons (Fsp3) is 0.333. The van der Waals surface area contributed by atoms with E-state index in [9.17, 15) is 0 Å². The first kappa shape index (κ1) is 13.3. The summed E-state index contributed by atoms with van der Waals surface area (Å²) >= 11 is 12.0. The average molecular weight is 285 g/mol. The van der Waals surface area contributed by atoms with Crippen LogP contribution in [0.5, 0.6) is 0 Å². The van der Waals surface area contributed by atoms with Crippen LogP contribution in [0.25, 0.3) is 0 Å². The van der Waals surface area contributed by atoms with Gasteiger partial charge >= 0.3 is 0 Å². The molecule has 0 spiro atoms. The number of halogens is 2. The van der Waals surface area contributed by atoms with Crippen LogP contribution in [0.1, 0.15) is 24.2 Å². The highest BCUT2D eigenvalue weighted by molar-refractivity contribution is 6.34. The van der Waals surface area contributed by atoms with Crippen molar-refractivity contribution in [2.45, 2.75) is 19.5 Å². The van der Waals surface area contributed by atoms with Crippen LogP contribution in [0.4, 0.5) is 0 Å². The molecule has 1 atom stereocenters. The third-order valence-corrected chi connectivity index (χ3v) is 3.22. The molecule has 2 heterocycles. The normalized spacial score (nSPS) is 12.7. The Balaban J connectivity index is 2.38. The van der Waals surface area contributed by atoms with E-state index in [4.69, 9.17) is 23.2 Å². The van der Waals surface area contributed by atoms with Gasteiger partial charge in [-0.3, -0.25) is 9.67 Å². The minimum atomic E-state index is -0.0879. The second-order valence-electron chi connectivity index (χ2n) is 3.87. The van der Waals surface area contributed by atoms with Gasteiger partial charge in [0.05, 0.1) is 28.0 Å². The molecule has 2 rings (SSSR count). The summed E-state index contributed by atoms with van der Waals surface area (Å²) in [6.07, 6.45) is 5.39. The maximum Gasteiger partial charge on any atom is 0.0806 e. The topological polar surface area (TPSA) is 42.7 Å². The fourth-order valence-electron chi connectivity index (χ4n) is 1.80.